The van der Waals surface area contributed by atoms with E-state index in [4.69, 9.17) is 4.74 Å². The number of fused-ring (bicyclic) bond motifs is 2. The van der Waals surface area contributed by atoms with Gasteiger partial charge >= 0.3 is 6.03 Å². The van der Waals surface area contributed by atoms with Gasteiger partial charge in [-0.3, -0.25) is 9.78 Å². The number of rotatable bonds is 4. The fourth-order valence-corrected chi connectivity index (χ4v) is 5.50. The highest BCUT2D eigenvalue weighted by atomic mass is 16.5. The van der Waals surface area contributed by atoms with Crippen LogP contribution in [0.25, 0.3) is 33.3 Å². The summed E-state index contributed by atoms with van der Waals surface area (Å²) in [4.78, 5) is 31.6. The molecule has 7 rings (SSSR count). The molecule has 2 amide bonds. The van der Waals surface area contributed by atoms with Crippen molar-refractivity contribution in [3.63, 3.8) is 0 Å². The zero-order chi connectivity index (χ0) is 27.1. The predicted octanol–water partition coefficient (Wildman–Crippen LogP) is 5.10. The molecule has 1 unspecified atom stereocenters. The van der Waals surface area contributed by atoms with Gasteiger partial charge in [0.2, 0.25) is 0 Å². The Kier molecular flexibility index (Phi) is 6.09. The van der Waals surface area contributed by atoms with Gasteiger partial charge in [-0.15, -0.1) is 0 Å². The van der Waals surface area contributed by atoms with Crippen molar-refractivity contribution in [2.24, 2.45) is 0 Å². The van der Waals surface area contributed by atoms with Crippen LogP contribution in [0.4, 0.5) is 10.5 Å². The number of pyridine rings is 1. The van der Waals surface area contributed by atoms with E-state index in [0.717, 1.165) is 59.0 Å². The van der Waals surface area contributed by atoms with E-state index in [-0.39, 0.29) is 17.8 Å². The van der Waals surface area contributed by atoms with E-state index >= 15 is 0 Å². The lowest BCUT2D eigenvalue weighted by molar-refractivity contribution is -0.0366. The number of aromatic nitrogens is 5. The summed E-state index contributed by atoms with van der Waals surface area (Å²) in [5.74, 6) is 0. The number of amides is 2. The smallest absolute Gasteiger partial charge is 0.322 e. The molecule has 0 aliphatic carbocycles. The Bertz CT molecular complexity index is 1750. The number of hydrogen-bond acceptors (Lipinski definition) is 6. The van der Waals surface area contributed by atoms with Crippen molar-refractivity contribution in [3.8, 4) is 22.4 Å². The summed E-state index contributed by atoms with van der Waals surface area (Å²) in [5.41, 5.74) is 6.25. The lowest BCUT2D eigenvalue weighted by Crippen LogP contribution is -2.30. The minimum absolute atomic E-state index is 0.0930. The average Bonchev–Trinajstić information content (AvgIpc) is 3.63. The molecular weight excluding hydrogens is 506 g/mol. The summed E-state index contributed by atoms with van der Waals surface area (Å²) < 4.78 is 7.86. The van der Waals surface area contributed by atoms with E-state index < -0.39 is 0 Å². The zero-order valence-electron chi connectivity index (χ0n) is 21.7. The van der Waals surface area contributed by atoms with E-state index in [1.165, 1.54) is 0 Å². The minimum atomic E-state index is -0.274. The second-order valence-electron chi connectivity index (χ2n) is 10.2. The van der Waals surface area contributed by atoms with Gasteiger partial charge in [0.25, 0.3) is 5.56 Å². The van der Waals surface area contributed by atoms with E-state index in [1.54, 1.807) is 29.6 Å². The number of carbonyl (C=O) groups excluding carboxylic acids is 1. The van der Waals surface area contributed by atoms with Crippen molar-refractivity contribution < 1.29 is 9.53 Å². The molecule has 10 nitrogen and oxygen atoms in total. The third-order valence-corrected chi connectivity index (χ3v) is 7.61. The number of nitrogens with one attached hydrogen (secondary N) is 2. The Hall–Kier alpha value is -4.83. The van der Waals surface area contributed by atoms with Gasteiger partial charge < -0.3 is 15.0 Å². The molecule has 2 aliphatic rings. The number of hydrogen-bond donors (Lipinski definition) is 2. The third-order valence-electron chi connectivity index (χ3n) is 7.61. The highest BCUT2D eigenvalue weighted by Crippen LogP contribution is 2.32. The molecule has 0 radical (unpaired) electrons. The molecule has 1 fully saturated rings. The Morgan fingerprint density at radius 3 is 2.70 bits per heavy atom. The van der Waals surface area contributed by atoms with Crippen molar-refractivity contribution in [1.29, 1.82) is 0 Å². The van der Waals surface area contributed by atoms with Crippen LogP contribution in [-0.2, 0) is 17.8 Å². The average molecular weight is 534 g/mol. The van der Waals surface area contributed by atoms with Crippen molar-refractivity contribution in [2.45, 2.75) is 38.6 Å². The lowest BCUT2D eigenvalue weighted by Gasteiger charge is -2.23. The highest BCUT2D eigenvalue weighted by molar-refractivity contribution is 5.95. The fraction of sp³-hybridized carbons (Fsp3) is 0.233. The van der Waals surface area contributed by atoms with Crippen LogP contribution >= 0.6 is 0 Å². The summed E-state index contributed by atoms with van der Waals surface area (Å²) in [6.07, 6.45) is 8.34. The first-order valence-corrected chi connectivity index (χ1v) is 13.4. The number of nitrogens with zero attached hydrogens (tertiary/aromatic N) is 5. The molecule has 40 heavy (non-hydrogen) atoms. The normalized spacial score (nSPS) is 16.7. The topological polar surface area (TPSA) is 118 Å². The standard InChI is InChI=1S/C30H27N7O3/c38-29-24(23-4-3-5-27-25(23)16-32-37(27)28-6-1-2-13-40-28)14-26(34-35-29)19-7-9-22(10-8-19)33-30(39)36-17-20-11-12-31-15-21(20)18-36/h3-5,7-12,14-16,28H,1-2,6,13,17-18H2,(H,33,39)(H,35,38). The molecule has 0 spiro atoms. The van der Waals surface area contributed by atoms with Gasteiger partial charge in [0.05, 0.1) is 23.0 Å². The number of urea groups is 1. The SMILES string of the molecule is O=C(Nc1ccc(-c2cc(-c3cccc4c3cnn4C3CCCCO3)c(=O)[nH]n2)cc1)N1Cc2ccncc2C1. The molecule has 0 saturated carbocycles. The third kappa shape index (κ3) is 4.42. The van der Waals surface area contributed by atoms with Crippen LogP contribution in [0.1, 0.15) is 36.6 Å². The maximum absolute atomic E-state index is 12.9. The molecule has 5 aromatic rings. The maximum Gasteiger partial charge on any atom is 0.322 e. The van der Waals surface area contributed by atoms with Gasteiger partial charge in [-0.05, 0) is 66.3 Å². The number of carbonyl (C=O) groups is 1. The number of benzene rings is 2. The summed E-state index contributed by atoms with van der Waals surface area (Å²) >= 11 is 0. The van der Waals surface area contributed by atoms with E-state index in [9.17, 15) is 9.59 Å². The minimum Gasteiger partial charge on any atom is -0.356 e. The highest BCUT2D eigenvalue weighted by Gasteiger charge is 2.24. The first-order chi connectivity index (χ1) is 19.6. The second kappa shape index (κ2) is 10.0. The van der Waals surface area contributed by atoms with Crippen LogP contribution in [-0.4, -0.2) is 42.5 Å². The summed E-state index contributed by atoms with van der Waals surface area (Å²) in [6, 6.07) is 16.9. The van der Waals surface area contributed by atoms with Crippen molar-refractivity contribution >= 4 is 22.6 Å². The van der Waals surface area contributed by atoms with Gasteiger partial charge in [-0.2, -0.15) is 10.2 Å². The molecule has 1 saturated heterocycles. The Morgan fingerprint density at radius 1 is 1.00 bits per heavy atom. The van der Waals surface area contributed by atoms with Gasteiger partial charge in [0.1, 0.15) is 0 Å². The molecule has 2 aliphatic heterocycles. The largest absolute Gasteiger partial charge is 0.356 e. The van der Waals surface area contributed by atoms with Gasteiger partial charge in [-0.25, -0.2) is 14.6 Å². The van der Waals surface area contributed by atoms with Gasteiger partial charge in [0.15, 0.2) is 6.23 Å². The molecule has 1 atom stereocenters. The van der Waals surface area contributed by atoms with Crippen LogP contribution in [0.15, 0.2) is 78.0 Å². The Labute approximate surface area is 229 Å². The first-order valence-electron chi connectivity index (χ1n) is 13.4. The second-order valence-corrected chi connectivity index (χ2v) is 10.2. The Balaban J connectivity index is 1.13. The number of ether oxygens (including phenoxy) is 1. The molecule has 0 bridgehead atoms. The molecule has 5 heterocycles. The molecule has 2 aromatic carbocycles. The molecular formula is C30H27N7O3. The molecule has 10 heteroatoms. The predicted molar refractivity (Wildman–Crippen MR) is 150 cm³/mol. The van der Waals surface area contributed by atoms with E-state index in [2.05, 4.69) is 25.6 Å². The molecule has 200 valence electrons. The maximum atomic E-state index is 12.9. The van der Waals surface area contributed by atoms with Crippen LogP contribution in [0.2, 0.25) is 0 Å². The fourth-order valence-electron chi connectivity index (χ4n) is 5.50. The van der Waals surface area contributed by atoms with Gasteiger partial charge in [0, 0.05) is 48.7 Å². The van der Waals surface area contributed by atoms with E-state index in [1.807, 2.05) is 53.2 Å². The van der Waals surface area contributed by atoms with Crippen LogP contribution in [0.5, 0.6) is 0 Å². The van der Waals surface area contributed by atoms with Crippen molar-refractivity contribution in [3.05, 3.63) is 94.7 Å². The monoisotopic (exact) mass is 533 g/mol. The number of H-pyrrole nitrogens is 1. The summed E-state index contributed by atoms with van der Waals surface area (Å²) in [7, 11) is 0. The Morgan fingerprint density at radius 2 is 1.88 bits per heavy atom. The van der Waals surface area contributed by atoms with Crippen molar-refractivity contribution in [1.82, 2.24) is 29.9 Å². The van der Waals surface area contributed by atoms with E-state index in [0.29, 0.717) is 30.0 Å². The summed E-state index contributed by atoms with van der Waals surface area (Å²) in [5, 5.41) is 15.4. The van der Waals surface area contributed by atoms with Gasteiger partial charge in [-0.1, -0.05) is 24.3 Å². The molecule has 3 aromatic heterocycles. The van der Waals surface area contributed by atoms with Crippen LogP contribution in [0, 0.1) is 0 Å². The first kappa shape index (κ1) is 24.2. The number of anilines is 1. The quantitative estimate of drug-likeness (QED) is 0.332. The van der Waals surface area contributed by atoms with Crippen LogP contribution < -0.4 is 10.9 Å². The lowest BCUT2D eigenvalue weighted by atomic mass is 10.0. The number of aromatic amines is 1. The zero-order valence-corrected chi connectivity index (χ0v) is 21.7. The van der Waals surface area contributed by atoms with Crippen LogP contribution in [0.3, 0.4) is 0 Å². The molecule has 2 N–H and O–H groups in total. The summed E-state index contributed by atoms with van der Waals surface area (Å²) in [6.45, 7) is 1.83. The van der Waals surface area contributed by atoms with Crippen molar-refractivity contribution in [2.75, 3.05) is 11.9 Å².